The Morgan fingerprint density at radius 3 is 2.69 bits per heavy atom. The van der Waals surface area contributed by atoms with Crippen LogP contribution in [0.15, 0.2) is 24.3 Å². The number of ether oxygens (including phenoxy) is 4. The van der Waals surface area contributed by atoms with E-state index in [1.807, 2.05) is 17.0 Å². The number of fused-ring (bicyclic) bond motifs is 1. The quantitative estimate of drug-likeness (QED) is 0.610. The van der Waals surface area contributed by atoms with Gasteiger partial charge < -0.3 is 23.8 Å². The number of morpholine rings is 1. The molecular formula is C20H23NO5. The third-order valence-electron chi connectivity index (χ3n) is 6.48. The Kier molecular flexibility index (Phi) is 3.25. The highest BCUT2D eigenvalue weighted by atomic mass is 16.6. The van der Waals surface area contributed by atoms with Crippen molar-refractivity contribution in [3.05, 3.63) is 35.4 Å². The summed E-state index contributed by atoms with van der Waals surface area (Å²) in [6.45, 7) is 0.726. The summed E-state index contributed by atoms with van der Waals surface area (Å²) in [5.41, 5.74) is 1.17. The smallest absolute Gasteiger partial charge is 0.256 e. The number of carbonyl (C=O) groups is 1. The van der Waals surface area contributed by atoms with Gasteiger partial charge in [-0.3, -0.25) is 4.79 Å². The Balaban J connectivity index is 1.78. The van der Waals surface area contributed by atoms with Crippen LogP contribution in [0, 0.1) is 0 Å². The number of benzene rings is 1. The number of carbonyl (C=O) groups excluding carboxylic acids is 1. The molecule has 138 valence electrons. The van der Waals surface area contributed by atoms with Gasteiger partial charge in [-0.2, -0.15) is 0 Å². The van der Waals surface area contributed by atoms with Crippen molar-refractivity contribution in [2.24, 2.45) is 0 Å². The minimum Gasteiger partial charge on any atom is -0.493 e. The molecule has 1 amide bonds. The van der Waals surface area contributed by atoms with Gasteiger partial charge in [-0.15, -0.1) is 0 Å². The molecule has 1 aliphatic carbocycles. The zero-order chi connectivity index (χ0) is 18.1. The molecule has 0 bridgehead atoms. The zero-order valence-corrected chi connectivity index (χ0v) is 15.3. The van der Waals surface area contributed by atoms with Crippen molar-refractivity contribution < 1.29 is 23.7 Å². The first-order valence-electron chi connectivity index (χ1n) is 9.08. The largest absolute Gasteiger partial charge is 0.493 e. The molecule has 4 aliphatic rings. The fraction of sp³-hybridized carbons (Fsp3) is 0.550. The third-order valence-corrected chi connectivity index (χ3v) is 6.48. The van der Waals surface area contributed by atoms with Crippen molar-refractivity contribution >= 4 is 5.91 Å². The van der Waals surface area contributed by atoms with E-state index in [1.165, 1.54) is 5.56 Å². The highest BCUT2D eigenvalue weighted by Crippen LogP contribution is 2.66. The second kappa shape index (κ2) is 5.24. The maximum atomic E-state index is 13.0. The van der Waals surface area contributed by atoms with E-state index in [2.05, 4.69) is 12.1 Å². The SMILES string of the molecule is COc1cc2c(cc1OC)[C@]13C[C@@H](OC)C=C[C@@]14O[C@H]4C(=O)N3CCC2. The molecule has 0 radical (unpaired) electrons. The van der Waals surface area contributed by atoms with E-state index in [0.717, 1.165) is 30.7 Å². The first kappa shape index (κ1) is 16.1. The molecule has 1 aromatic rings. The molecular weight excluding hydrogens is 334 g/mol. The second-order valence-electron chi connectivity index (χ2n) is 7.45. The van der Waals surface area contributed by atoms with Gasteiger partial charge in [0.05, 0.1) is 20.3 Å². The highest BCUT2D eigenvalue weighted by Gasteiger charge is 2.81. The average Bonchev–Trinajstić information content (AvgIpc) is 3.38. The molecule has 2 fully saturated rings. The summed E-state index contributed by atoms with van der Waals surface area (Å²) in [5, 5.41) is 0. The van der Waals surface area contributed by atoms with Gasteiger partial charge in [0, 0.05) is 20.1 Å². The fourth-order valence-electron chi connectivity index (χ4n) is 5.26. The predicted octanol–water partition coefficient (Wildman–Crippen LogP) is 1.80. The van der Waals surface area contributed by atoms with Crippen LogP contribution in [0.1, 0.15) is 24.0 Å². The third kappa shape index (κ3) is 1.71. The highest BCUT2D eigenvalue weighted by molar-refractivity contribution is 5.92. The van der Waals surface area contributed by atoms with Gasteiger partial charge in [0.2, 0.25) is 0 Å². The van der Waals surface area contributed by atoms with Crippen LogP contribution in [0.3, 0.4) is 0 Å². The van der Waals surface area contributed by atoms with Crippen molar-refractivity contribution in [1.82, 2.24) is 4.90 Å². The summed E-state index contributed by atoms with van der Waals surface area (Å²) in [7, 11) is 5.00. The van der Waals surface area contributed by atoms with Crippen LogP contribution in [0.2, 0.25) is 0 Å². The zero-order valence-electron chi connectivity index (χ0n) is 15.3. The molecule has 0 N–H and O–H groups in total. The van der Waals surface area contributed by atoms with Crippen LogP contribution in [0.4, 0.5) is 0 Å². The van der Waals surface area contributed by atoms with E-state index in [1.54, 1.807) is 21.3 Å². The second-order valence-corrected chi connectivity index (χ2v) is 7.45. The Hall–Kier alpha value is -2.05. The Morgan fingerprint density at radius 2 is 1.96 bits per heavy atom. The van der Waals surface area contributed by atoms with E-state index in [0.29, 0.717) is 12.2 Å². The standard InChI is InChI=1S/C20H23NO5/c1-23-13-6-7-20-17(26-20)18(22)21-8-4-5-12-9-15(24-2)16(25-3)10-14(12)19(20,21)11-13/h6-7,9-10,13,17H,4-5,8,11H2,1-3H3/t13-,17-,19+,20-/m0/s1. The van der Waals surface area contributed by atoms with Gasteiger partial charge >= 0.3 is 0 Å². The minimum atomic E-state index is -0.586. The number of hydrogen-bond donors (Lipinski definition) is 0. The van der Waals surface area contributed by atoms with Crippen LogP contribution in [0.5, 0.6) is 11.5 Å². The van der Waals surface area contributed by atoms with E-state index in [9.17, 15) is 4.79 Å². The van der Waals surface area contributed by atoms with Crippen LogP contribution in [-0.2, 0) is 26.2 Å². The first-order valence-corrected chi connectivity index (χ1v) is 9.08. The minimum absolute atomic E-state index is 0.0575. The predicted molar refractivity (Wildman–Crippen MR) is 93.4 cm³/mol. The van der Waals surface area contributed by atoms with Crippen molar-refractivity contribution in [1.29, 1.82) is 0 Å². The summed E-state index contributed by atoms with van der Waals surface area (Å²) in [4.78, 5) is 15.1. The fourth-order valence-corrected chi connectivity index (χ4v) is 5.26. The Bertz CT molecular complexity index is 821. The van der Waals surface area contributed by atoms with Crippen LogP contribution in [-0.4, -0.2) is 56.5 Å². The van der Waals surface area contributed by atoms with Crippen molar-refractivity contribution in [2.45, 2.75) is 42.6 Å². The number of methoxy groups -OCH3 is 3. The number of hydrogen-bond acceptors (Lipinski definition) is 5. The van der Waals surface area contributed by atoms with Crippen LogP contribution < -0.4 is 9.47 Å². The van der Waals surface area contributed by atoms with E-state index in [4.69, 9.17) is 18.9 Å². The number of aryl methyl sites for hydroxylation is 1. The Morgan fingerprint density at radius 1 is 1.19 bits per heavy atom. The molecule has 3 aliphatic heterocycles. The molecule has 6 heteroatoms. The molecule has 0 saturated carbocycles. The van der Waals surface area contributed by atoms with E-state index in [-0.39, 0.29) is 18.1 Å². The lowest BCUT2D eigenvalue weighted by Gasteiger charge is -2.46. The average molecular weight is 357 g/mol. The molecule has 4 atom stereocenters. The maximum Gasteiger partial charge on any atom is 0.256 e. The van der Waals surface area contributed by atoms with Crippen molar-refractivity contribution in [3.63, 3.8) is 0 Å². The molecule has 0 unspecified atom stereocenters. The lowest BCUT2D eigenvalue weighted by molar-refractivity contribution is -0.142. The van der Waals surface area contributed by atoms with Crippen molar-refractivity contribution in [3.8, 4) is 11.5 Å². The number of nitrogens with zero attached hydrogens (tertiary/aromatic N) is 1. The summed E-state index contributed by atoms with van der Waals surface area (Å²) in [6, 6.07) is 4.10. The van der Waals surface area contributed by atoms with Crippen molar-refractivity contribution in [2.75, 3.05) is 27.9 Å². The monoisotopic (exact) mass is 357 g/mol. The summed E-state index contributed by atoms with van der Waals surface area (Å²) >= 11 is 0. The summed E-state index contributed by atoms with van der Waals surface area (Å²) in [6.07, 6.45) is 6.15. The van der Waals surface area contributed by atoms with E-state index < -0.39 is 11.1 Å². The van der Waals surface area contributed by atoms with Gasteiger partial charge in [-0.1, -0.05) is 6.08 Å². The maximum absolute atomic E-state index is 13.0. The molecule has 26 heavy (non-hydrogen) atoms. The van der Waals surface area contributed by atoms with E-state index >= 15 is 0 Å². The lowest BCUT2D eigenvalue weighted by Crippen LogP contribution is -2.55. The molecule has 0 aromatic heterocycles. The normalized spacial score (nSPS) is 36.6. The Labute approximate surface area is 152 Å². The molecule has 2 spiro atoms. The van der Waals surface area contributed by atoms with Gasteiger partial charge in [0.15, 0.2) is 23.2 Å². The van der Waals surface area contributed by atoms with Gasteiger partial charge in [0.25, 0.3) is 5.91 Å². The molecule has 6 nitrogen and oxygen atoms in total. The first-order chi connectivity index (χ1) is 12.6. The number of rotatable bonds is 3. The molecule has 2 saturated heterocycles. The molecule has 3 heterocycles. The van der Waals surface area contributed by atoms with Gasteiger partial charge in [-0.25, -0.2) is 0 Å². The van der Waals surface area contributed by atoms with Gasteiger partial charge in [-0.05, 0) is 42.2 Å². The van der Waals surface area contributed by atoms with Crippen LogP contribution in [0.25, 0.3) is 0 Å². The molecule has 1 aromatic carbocycles. The number of amides is 1. The summed E-state index contributed by atoms with van der Waals surface area (Å²) in [5.74, 6) is 1.49. The van der Waals surface area contributed by atoms with Gasteiger partial charge in [0.1, 0.15) is 5.54 Å². The molecule has 5 rings (SSSR count). The summed E-state index contributed by atoms with van der Waals surface area (Å²) < 4.78 is 22.8. The number of epoxide rings is 1. The topological polar surface area (TPSA) is 60.5 Å². The lowest BCUT2D eigenvalue weighted by atomic mass is 9.69. The van der Waals surface area contributed by atoms with Crippen LogP contribution >= 0.6 is 0 Å².